The van der Waals surface area contributed by atoms with E-state index in [1.165, 1.54) is 0 Å². The minimum absolute atomic E-state index is 0.0371. The Bertz CT molecular complexity index is 769. The SMILES string of the molecule is O=C(CC(O)c1ccccc1)N(Cc1ccncc1)Cc1cccnc1. The van der Waals surface area contributed by atoms with Crippen LogP contribution < -0.4 is 0 Å². The normalized spacial score (nSPS) is 11.7. The number of rotatable bonds is 7. The fourth-order valence-electron chi connectivity index (χ4n) is 2.74. The highest BCUT2D eigenvalue weighted by Gasteiger charge is 2.19. The van der Waals surface area contributed by atoms with E-state index in [1.807, 2.05) is 54.6 Å². The molecule has 3 rings (SSSR count). The Balaban J connectivity index is 1.74. The fourth-order valence-corrected chi connectivity index (χ4v) is 2.74. The summed E-state index contributed by atoms with van der Waals surface area (Å²) in [5.74, 6) is -0.109. The summed E-state index contributed by atoms with van der Waals surface area (Å²) in [5, 5.41) is 10.4. The third-order valence-electron chi connectivity index (χ3n) is 4.12. The first-order valence-electron chi connectivity index (χ1n) is 8.51. The van der Waals surface area contributed by atoms with Gasteiger partial charge in [0.15, 0.2) is 0 Å². The molecule has 0 radical (unpaired) electrons. The summed E-state index contributed by atoms with van der Waals surface area (Å²) in [6.07, 6.45) is 6.09. The molecule has 0 aliphatic carbocycles. The number of pyridine rings is 2. The van der Waals surface area contributed by atoms with Gasteiger partial charge >= 0.3 is 0 Å². The smallest absolute Gasteiger partial charge is 0.226 e. The molecular formula is C21H21N3O2. The van der Waals surface area contributed by atoms with E-state index in [2.05, 4.69) is 9.97 Å². The number of hydrogen-bond donors (Lipinski definition) is 1. The third kappa shape index (κ3) is 4.97. The van der Waals surface area contributed by atoms with E-state index in [1.54, 1.807) is 29.7 Å². The fraction of sp³-hybridized carbons (Fsp3) is 0.190. The minimum atomic E-state index is -0.822. The number of aromatic nitrogens is 2. The number of aliphatic hydroxyl groups excluding tert-OH is 1. The van der Waals surface area contributed by atoms with Gasteiger partial charge in [-0.2, -0.15) is 0 Å². The van der Waals surface area contributed by atoms with Crippen molar-refractivity contribution in [2.75, 3.05) is 0 Å². The van der Waals surface area contributed by atoms with Crippen LogP contribution in [0.15, 0.2) is 79.4 Å². The van der Waals surface area contributed by atoms with Crippen molar-refractivity contribution >= 4 is 5.91 Å². The van der Waals surface area contributed by atoms with Crippen molar-refractivity contribution in [2.24, 2.45) is 0 Å². The zero-order valence-corrected chi connectivity index (χ0v) is 14.4. The molecule has 132 valence electrons. The van der Waals surface area contributed by atoms with Gasteiger partial charge in [0.25, 0.3) is 0 Å². The van der Waals surface area contributed by atoms with Crippen molar-refractivity contribution in [1.82, 2.24) is 14.9 Å². The maximum atomic E-state index is 12.9. The lowest BCUT2D eigenvalue weighted by atomic mass is 10.1. The molecule has 0 bridgehead atoms. The Morgan fingerprint density at radius 1 is 0.885 bits per heavy atom. The van der Waals surface area contributed by atoms with E-state index in [-0.39, 0.29) is 12.3 Å². The van der Waals surface area contributed by atoms with Gasteiger partial charge in [-0.3, -0.25) is 14.8 Å². The lowest BCUT2D eigenvalue weighted by molar-refractivity contribution is -0.134. The second kappa shape index (κ2) is 8.87. The van der Waals surface area contributed by atoms with Gasteiger partial charge in [0.1, 0.15) is 0 Å². The lowest BCUT2D eigenvalue weighted by Crippen LogP contribution is -2.31. The molecule has 0 saturated carbocycles. The Morgan fingerprint density at radius 2 is 1.62 bits per heavy atom. The minimum Gasteiger partial charge on any atom is -0.388 e. The van der Waals surface area contributed by atoms with Gasteiger partial charge in [-0.1, -0.05) is 36.4 Å². The number of aliphatic hydroxyl groups is 1. The summed E-state index contributed by atoms with van der Waals surface area (Å²) in [4.78, 5) is 22.7. The summed E-state index contributed by atoms with van der Waals surface area (Å²) in [5.41, 5.74) is 2.68. The third-order valence-corrected chi connectivity index (χ3v) is 4.12. The van der Waals surface area contributed by atoms with Gasteiger partial charge in [-0.25, -0.2) is 0 Å². The highest BCUT2D eigenvalue weighted by atomic mass is 16.3. The first-order chi connectivity index (χ1) is 12.7. The Labute approximate surface area is 153 Å². The van der Waals surface area contributed by atoms with Crippen LogP contribution in [0.2, 0.25) is 0 Å². The molecule has 2 aromatic heterocycles. The maximum absolute atomic E-state index is 12.9. The van der Waals surface area contributed by atoms with E-state index in [4.69, 9.17) is 0 Å². The lowest BCUT2D eigenvalue weighted by Gasteiger charge is -2.24. The van der Waals surface area contributed by atoms with E-state index in [9.17, 15) is 9.90 Å². The first-order valence-corrected chi connectivity index (χ1v) is 8.51. The van der Waals surface area contributed by atoms with Crippen molar-refractivity contribution in [3.8, 4) is 0 Å². The average molecular weight is 347 g/mol. The van der Waals surface area contributed by atoms with E-state index >= 15 is 0 Å². The molecule has 5 heteroatoms. The van der Waals surface area contributed by atoms with E-state index < -0.39 is 6.10 Å². The molecule has 0 spiro atoms. The number of amides is 1. The van der Waals surface area contributed by atoms with Crippen molar-refractivity contribution in [3.05, 3.63) is 96.1 Å². The molecule has 1 N–H and O–H groups in total. The average Bonchev–Trinajstić information content (AvgIpc) is 2.69. The van der Waals surface area contributed by atoms with Crippen molar-refractivity contribution in [2.45, 2.75) is 25.6 Å². The molecule has 1 unspecified atom stereocenters. The molecule has 3 aromatic rings. The number of carbonyl (C=O) groups excluding carboxylic acids is 1. The van der Waals surface area contributed by atoms with Crippen LogP contribution in [0.4, 0.5) is 0 Å². The van der Waals surface area contributed by atoms with Crippen LogP contribution in [0.25, 0.3) is 0 Å². The summed E-state index contributed by atoms with van der Waals surface area (Å²) in [6.45, 7) is 0.897. The van der Waals surface area contributed by atoms with Crippen molar-refractivity contribution in [3.63, 3.8) is 0 Å². The highest BCUT2D eigenvalue weighted by molar-refractivity contribution is 5.77. The molecule has 0 aliphatic rings. The van der Waals surface area contributed by atoms with Crippen LogP contribution in [-0.2, 0) is 17.9 Å². The zero-order valence-electron chi connectivity index (χ0n) is 14.4. The molecular weight excluding hydrogens is 326 g/mol. The van der Waals surface area contributed by atoms with Crippen LogP contribution in [0, 0.1) is 0 Å². The largest absolute Gasteiger partial charge is 0.388 e. The molecule has 1 aromatic carbocycles. The second-order valence-corrected chi connectivity index (χ2v) is 6.10. The molecule has 1 amide bonds. The van der Waals surface area contributed by atoms with Gasteiger partial charge in [0.2, 0.25) is 5.91 Å². The molecule has 5 nitrogen and oxygen atoms in total. The van der Waals surface area contributed by atoms with Gasteiger partial charge in [0, 0.05) is 37.9 Å². The zero-order chi connectivity index (χ0) is 18.2. The number of carbonyl (C=O) groups is 1. The predicted molar refractivity (Wildman–Crippen MR) is 98.7 cm³/mol. The number of nitrogens with zero attached hydrogens (tertiary/aromatic N) is 3. The molecule has 26 heavy (non-hydrogen) atoms. The van der Waals surface area contributed by atoms with Gasteiger partial charge < -0.3 is 10.0 Å². The highest BCUT2D eigenvalue weighted by Crippen LogP contribution is 2.19. The first kappa shape index (κ1) is 17.8. The Morgan fingerprint density at radius 3 is 2.31 bits per heavy atom. The summed E-state index contributed by atoms with van der Waals surface area (Å²) in [6, 6.07) is 16.8. The standard InChI is InChI=1S/C21H21N3O2/c25-20(19-6-2-1-3-7-19)13-21(26)24(15-17-8-11-22-12-9-17)16-18-5-4-10-23-14-18/h1-12,14,20,25H,13,15-16H2. The second-order valence-electron chi connectivity index (χ2n) is 6.10. The maximum Gasteiger partial charge on any atom is 0.226 e. The molecule has 0 fully saturated rings. The molecule has 2 heterocycles. The predicted octanol–water partition coefficient (Wildman–Crippen LogP) is 3.13. The van der Waals surface area contributed by atoms with Crippen LogP contribution in [0.1, 0.15) is 29.2 Å². The number of benzene rings is 1. The Hall–Kier alpha value is -3.05. The monoisotopic (exact) mass is 347 g/mol. The van der Waals surface area contributed by atoms with Crippen LogP contribution in [0.3, 0.4) is 0 Å². The quantitative estimate of drug-likeness (QED) is 0.713. The Kier molecular flexibility index (Phi) is 6.06. The van der Waals surface area contributed by atoms with E-state index in [0.717, 1.165) is 16.7 Å². The van der Waals surface area contributed by atoms with Crippen LogP contribution in [-0.4, -0.2) is 25.9 Å². The van der Waals surface area contributed by atoms with Crippen LogP contribution in [0.5, 0.6) is 0 Å². The van der Waals surface area contributed by atoms with Gasteiger partial charge in [0.05, 0.1) is 12.5 Å². The number of hydrogen-bond acceptors (Lipinski definition) is 4. The summed E-state index contributed by atoms with van der Waals surface area (Å²) >= 11 is 0. The van der Waals surface area contributed by atoms with Crippen LogP contribution >= 0.6 is 0 Å². The molecule has 0 saturated heterocycles. The van der Waals surface area contributed by atoms with Gasteiger partial charge in [-0.15, -0.1) is 0 Å². The van der Waals surface area contributed by atoms with Crippen molar-refractivity contribution < 1.29 is 9.90 Å². The topological polar surface area (TPSA) is 66.3 Å². The molecule has 0 aliphatic heterocycles. The van der Waals surface area contributed by atoms with Crippen molar-refractivity contribution in [1.29, 1.82) is 0 Å². The molecule has 1 atom stereocenters. The summed E-state index contributed by atoms with van der Waals surface area (Å²) in [7, 11) is 0. The van der Waals surface area contributed by atoms with Gasteiger partial charge in [-0.05, 0) is 34.9 Å². The summed E-state index contributed by atoms with van der Waals surface area (Å²) < 4.78 is 0. The van der Waals surface area contributed by atoms with E-state index in [0.29, 0.717) is 13.1 Å².